The molecule has 2 aromatic carbocycles. The van der Waals surface area contributed by atoms with Crippen LogP contribution in [0.3, 0.4) is 0 Å². The van der Waals surface area contributed by atoms with Crippen molar-refractivity contribution in [1.82, 2.24) is 10.3 Å². The lowest BCUT2D eigenvalue weighted by molar-refractivity contribution is -0.137. The SMILES string of the molecule is CC(Cc1cncs1)NC1CCN(c2cccc(NC(=O)c3cccc(C(F)(F)F)c3)c2)CC1. The summed E-state index contributed by atoms with van der Waals surface area (Å²) >= 11 is 1.68. The maximum atomic E-state index is 13.0. The molecule has 0 saturated carbocycles. The van der Waals surface area contributed by atoms with Gasteiger partial charge >= 0.3 is 6.18 Å². The van der Waals surface area contributed by atoms with Crippen molar-refractivity contribution >= 4 is 28.6 Å². The second-order valence-electron chi connectivity index (χ2n) is 8.58. The van der Waals surface area contributed by atoms with E-state index in [1.54, 1.807) is 17.4 Å². The first-order valence-corrected chi connectivity index (χ1v) is 12.1. The molecule has 2 heterocycles. The van der Waals surface area contributed by atoms with Crippen molar-refractivity contribution in [1.29, 1.82) is 0 Å². The first-order valence-electron chi connectivity index (χ1n) is 11.2. The van der Waals surface area contributed by atoms with E-state index >= 15 is 0 Å². The van der Waals surface area contributed by atoms with Crippen LogP contribution in [0.25, 0.3) is 0 Å². The number of aromatic nitrogens is 1. The monoisotopic (exact) mass is 488 g/mol. The highest BCUT2D eigenvalue weighted by Gasteiger charge is 2.31. The molecule has 2 N–H and O–H groups in total. The fraction of sp³-hybridized carbons (Fsp3) is 0.360. The number of piperidine rings is 1. The van der Waals surface area contributed by atoms with Crippen LogP contribution in [0.4, 0.5) is 24.5 Å². The highest BCUT2D eigenvalue weighted by molar-refractivity contribution is 7.09. The highest BCUT2D eigenvalue weighted by atomic mass is 32.1. The molecule has 1 atom stereocenters. The Morgan fingerprint density at radius 1 is 1.18 bits per heavy atom. The number of hydrogen-bond donors (Lipinski definition) is 2. The Hall–Kier alpha value is -2.91. The molecule has 5 nitrogen and oxygen atoms in total. The van der Waals surface area contributed by atoms with Crippen LogP contribution < -0.4 is 15.5 Å². The zero-order chi connectivity index (χ0) is 24.1. The van der Waals surface area contributed by atoms with E-state index < -0.39 is 17.6 Å². The van der Waals surface area contributed by atoms with Crippen LogP contribution in [-0.4, -0.2) is 36.1 Å². The predicted octanol–water partition coefficient (Wildman–Crippen LogP) is 5.60. The molecule has 1 aliphatic heterocycles. The zero-order valence-corrected chi connectivity index (χ0v) is 19.6. The molecule has 1 aromatic heterocycles. The van der Waals surface area contributed by atoms with E-state index in [-0.39, 0.29) is 5.56 Å². The number of anilines is 2. The van der Waals surface area contributed by atoms with Crippen molar-refractivity contribution in [2.24, 2.45) is 0 Å². The molecule has 34 heavy (non-hydrogen) atoms. The summed E-state index contributed by atoms with van der Waals surface area (Å²) in [7, 11) is 0. The molecular weight excluding hydrogens is 461 g/mol. The van der Waals surface area contributed by atoms with Crippen molar-refractivity contribution in [2.45, 2.75) is 44.4 Å². The lowest BCUT2D eigenvalue weighted by atomic mass is 10.0. The zero-order valence-electron chi connectivity index (χ0n) is 18.8. The number of benzene rings is 2. The summed E-state index contributed by atoms with van der Waals surface area (Å²) in [5.74, 6) is -0.568. The van der Waals surface area contributed by atoms with Gasteiger partial charge < -0.3 is 15.5 Å². The fourth-order valence-electron chi connectivity index (χ4n) is 4.23. The van der Waals surface area contributed by atoms with E-state index in [0.717, 1.165) is 50.2 Å². The average Bonchev–Trinajstić information content (AvgIpc) is 3.32. The predicted molar refractivity (Wildman–Crippen MR) is 129 cm³/mol. The molecule has 180 valence electrons. The summed E-state index contributed by atoms with van der Waals surface area (Å²) in [6, 6.07) is 12.7. The highest BCUT2D eigenvalue weighted by Crippen LogP contribution is 2.30. The molecular formula is C25H27F3N4OS. The summed E-state index contributed by atoms with van der Waals surface area (Å²) in [6.45, 7) is 3.97. The van der Waals surface area contributed by atoms with Crippen LogP contribution in [0.1, 0.15) is 40.6 Å². The summed E-state index contributed by atoms with van der Waals surface area (Å²) in [4.78, 5) is 20.2. The van der Waals surface area contributed by atoms with Crippen LogP contribution in [0.15, 0.2) is 60.2 Å². The molecule has 1 unspecified atom stereocenters. The van der Waals surface area contributed by atoms with Crippen molar-refractivity contribution in [2.75, 3.05) is 23.3 Å². The third-order valence-electron chi connectivity index (χ3n) is 5.93. The van der Waals surface area contributed by atoms with Gasteiger partial charge in [-0.05, 0) is 62.6 Å². The lowest BCUT2D eigenvalue weighted by Crippen LogP contribution is -2.46. The standard InChI is InChI=1S/C25H27F3N4OS/c1-17(12-23-15-29-16-34-23)30-20-8-10-32(11-9-20)22-7-3-6-21(14-22)31-24(33)18-4-2-5-19(13-18)25(26,27)28/h2-7,13-17,20,30H,8-12H2,1H3,(H,31,33). The quantitative estimate of drug-likeness (QED) is 0.454. The largest absolute Gasteiger partial charge is 0.416 e. The van der Waals surface area contributed by atoms with Crippen molar-refractivity contribution in [3.63, 3.8) is 0 Å². The number of thiazole rings is 1. The second kappa shape index (κ2) is 10.6. The van der Waals surface area contributed by atoms with Gasteiger partial charge in [-0.1, -0.05) is 12.1 Å². The number of carbonyl (C=O) groups is 1. The molecule has 1 amide bonds. The molecule has 0 spiro atoms. The fourth-order valence-corrected chi connectivity index (χ4v) is 4.96. The number of carbonyl (C=O) groups excluding carboxylic acids is 1. The van der Waals surface area contributed by atoms with Gasteiger partial charge in [-0.3, -0.25) is 9.78 Å². The van der Waals surface area contributed by atoms with Gasteiger partial charge in [0.15, 0.2) is 0 Å². The summed E-state index contributed by atoms with van der Waals surface area (Å²) < 4.78 is 38.9. The molecule has 1 fully saturated rings. The molecule has 1 aliphatic rings. The summed E-state index contributed by atoms with van der Waals surface area (Å²) in [5, 5.41) is 6.44. The summed E-state index contributed by atoms with van der Waals surface area (Å²) in [5.41, 5.74) is 2.53. The van der Waals surface area contributed by atoms with E-state index in [1.807, 2.05) is 29.9 Å². The van der Waals surface area contributed by atoms with Gasteiger partial charge in [0.1, 0.15) is 0 Å². The number of nitrogens with zero attached hydrogens (tertiary/aromatic N) is 2. The van der Waals surface area contributed by atoms with Gasteiger partial charge in [0.05, 0.1) is 11.1 Å². The molecule has 1 saturated heterocycles. The minimum Gasteiger partial charge on any atom is -0.371 e. The van der Waals surface area contributed by atoms with Crippen molar-refractivity contribution in [3.8, 4) is 0 Å². The van der Waals surface area contributed by atoms with Gasteiger partial charge in [-0.15, -0.1) is 11.3 Å². The van der Waals surface area contributed by atoms with E-state index in [4.69, 9.17) is 0 Å². The number of alkyl halides is 3. The number of nitrogens with one attached hydrogen (secondary N) is 2. The summed E-state index contributed by atoms with van der Waals surface area (Å²) in [6.07, 6.45) is 0.417. The Balaban J connectivity index is 1.32. The van der Waals surface area contributed by atoms with Gasteiger partial charge in [-0.25, -0.2) is 0 Å². The Morgan fingerprint density at radius 3 is 2.65 bits per heavy atom. The van der Waals surface area contributed by atoms with E-state index in [2.05, 4.69) is 27.4 Å². The molecule has 0 bridgehead atoms. The first-order chi connectivity index (χ1) is 16.3. The number of hydrogen-bond acceptors (Lipinski definition) is 5. The minimum atomic E-state index is -4.49. The van der Waals surface area contributed by atoms with E-state index in [9.17, 15) is 18.0 Å². The molecule has 0 radical (unpaired) electrons. The molecule has 3 aromatic rings. The topological polar surface area (TPSA) is 57.3 Å². The maximum Gasteiger partial charge on any atom is 0.416 e. The van der Waals surface area contributed by atoms with Crippen LogP contribution in [-0.2, 0) is 12.6 Å². The van der Waals surface area contributed by atoms with Crippen molar-refractivity contribution < 1.29 is 18.0 Å². The average molecular weight is 489 g/mol. The maximum absolute atomic E-state index is 13.0. The number of rotatable bonds is 7. The third kappa shape index (κ3) is 6.36. The lowest BCUT2D eigenvalue weighted by Gasteiger charge is -2.35. The second-order valence-corrected chi connectivity index (χ2v) is 9.55. The van der Waals surface area contributed by atoms with Crippen LogP contribution in [0, 0.1) is 0 Å². The Kier molecular flexibility index (Phi) is 7.53. The molecule has 4 rings (SSSR count). The first kappa shape index (κ1) is 24.2. The van der Waals surface area contributed by atoms with Gasteiger partial charge in [-0.2, -0.15) is 13.2 Å². The van der Waals surface area contributed by atoms with Crippen LogP contribution in [0.2, 0.25) is 0 Å². The minimum absolute atomic E-state index is 0.0282. The van der Waals surface area contributed by atoms with E-state index in [0.29, 0.717) is 17.8 Å². The Labute approximate surface area is 201 Å². The van der Waals surface area contributed by atoms with Gasteiger partial charge in [0.25, 0.3) is 5.91 Å². The van der Waals surface area contributed by atoms with Crippen LogP contribution in [0.5, 0.6) is 0 Å². The third-order valence-corrected chi connectivity index (χ3v) is 6.73. The molecule has 9 heteroatoms. The Morgan fingerprint density at radius 2 is 1.94 bits per heavy atom. The Bertz CT molecular complexity index is 1100. The van der Waals surface area contributed by atoms with Crippen LogP contribution >= 0.6 is 11.3 Å². The normalized spacial score (nSPS) is 15.8. The molecule has 0 aliphatic carbocycles. The van der Waals surface area contributed by atoms with Gasteiger partial charge in [0.2, 0.25) is 0 Å². The smallest absolute Gasteiger partial charge is 0.371 e. The van der Waals surface area contributed by atoms with Crippen molar-refractivity contribution in [3.05, 3.63) is 76.2 Å². The number of amides is 1. The van der Waals surface area contributed by atoms with E-state index in [1.165, 1.54) is 17.0 Å². The number of halogens is 3. The van der Waals surface area contributed by atoms with Gasteiger partial charge in [0, 0.05) is 53.2 Å².